The van der Waals surface area contributed by atoms with E-state index < -0.39 is 25.8 Å². The van der Waals surface area contributed by atoms with E-state index in [-0.39, 0.29) is 40.0 Å². The van der Waals surface area contributed by atoms with Crippen LogP contribution in [0.1, 0.15) is 6.92 Å². The minimum atomic E-state index is -3.63. The lowest BCUT2D eigenvalue weighted by atomic mass is 10.1. The Morgan fingerprint density at radius 1 is 1.31 bits per heavy atom. The first kappa shape index (κ1) is 18.3. The summed E-state index contributed by atoms with van der Waals surface area (Å²) in [6.45, 7) is 1.71. The summed E-state index contributed by atoms with van der Waals surface area (Å²) in [4.78, 5) is 14.3. The standard InChI is InChI=1S/C16H17N3O5S2/c1-2-25(21,22)14-8-4-3-7-13(14)17-16(20)12-6-5-9-19-10-11-26(23,24)18-15(12)19/h3-9H,2,10-11H2,1H3,(H,17,20). The summed E-state index contributed by atoms with van der Waals surface area (Å²) in [6, 6.07) is 6.07. The van der Waals surface area contributed by atoms with E-state index in [1.165, 1.54) is 25.1 Å². The lowest BCUT2D eigenvalue weighted by molar-refractivity contribution is -0.112. The number of para-hydroxylation sites is 1. The van der Waals surface area contributed by atoms with Gasteiger partial charge in [0.25, 0.3) is 15.9 Å². The lowest BCUT2D eigenvalue weighted by Gasteiger charge is -2.28. The summed E-state index contributed by atoms with van der Waals surface area (Å²) >= 11 is 0. The Balaban J connectivity index is 1.96. The quantitative estimate of drug-likeness (QED) is 0.811. The molecule has 0 fully saturated rings. The number of fused-ring (bicyclic) bond motifs is 1. The first-order valence-corrected chi connectivity index (χ1v) is 11.1. The van der Waals surface area contributed by atoms with E-state index in [4.69, 9.17) is 0 Å². The third kappa shape index (κ3) is 3.56. The number of benzene rings is 1. The summed E-state index contributed by atoms with van der Waals surface area (Å²) in [5.41, 5.74) is 0.195. The second-order valence-corrected chi connectivity index (χ2v) is 9.67. The number of hydrogen-bond donors (Lipinski definition) is 1. The molecule has 1 amide bonds. The van der Waals surface area contributed by atoms with Gasteiger partial charge in [-0.2, -0.15) is 0 Å². The highest BCUT2D eigenvalue weighted by Crippen LogP contribution is 2.24. The fourth-order valence-corrected chi connectivity index (χ4v) is 4.62. The molecule has 3 rings (SSSR count). The first-order chi connectivity index (χ1) is 12.2. The number of sulfonamides is 1. The third-order valence-electron chi connectivity index (χ3n) is 3.95. The molecule has 1 aromatic carbocycles. The molecule has 1 aromatic rings. The number of anilines is 1. The lowest BCUT2D eigenvalue weighted by Crippen LogP contribution is -2.41. The predicted octanol–water partition coefficient (Wildman–Crippen LogP) is 0.916. The Hall–Kier alpha value is -2.46. The topological polar surface area (TPSA) is 113 Å². The minimum Gasteiger partial charge on any atom is -0.331 e. The molecule has 26 heavy (non-hydrogen) atoms. The van der Waals surface area contributed by atoms with Crippen LogP contribution in [0.3, 0.4) is 0 Å². The largest absolute Gasteiger partial charge is 0.331 e. The van der Waals surface area contributed by atoms with Crippen molar-refractivity contribution in [1.29, 1.82) is 0 Å². The number of carbonyl (C=O) groups is 1. The van der Waals surface area contributed by atoms with Crippen molar-refractivity contribution in [2.75, 3.05) is 23.4 Å². The zero-order chi connectivity index (χ0) is 18.9. The molecule has 0 aliphatic carbocycles. The number of carbonyl (C=O) groups excluding carboxylic acids is 1. The molecule has 0 aromatic heterocycles. The molecule has 10 heteroatoms. The summed E-state index contributed by atoms with van der Waals surface area (Å²) < 4.78 is 51.7. The zero-order valence-electron chi connectivity index (χ0n) is 13.9. The summed E-state index contributed by atoms with van der Waals surface area (Å²) in [5.74, 6) is -0.835. The molecule has 0 saturated heterocycles. The van der Waals surface area contributed by atoms with Gasteiger partial charge >= 0.3 is 0 Å². The number of sulfone groups is 1. The van der Waals surface area contributed by atoms with Crippen molar-refractivity contribution in [3.8, 4) is 0 Å². The van der Waals surface area contributed by atoms with Crippen LogP contribution < -0.4 is 5.32 Å². The summed E-state index contributed by atoms with van der Waals surface area (Å²) in [5, 5.41) is 2.56. The monoisotopic (exact) mass is 395 g/mol. The van der Waals surface area contributed by atoms with Gasteiger partial charge in [0.2, 0.25) is 0 Å². The second-order valence-electron chi connectivity index (χ2n) is 5.67. The molecule has 138 valence electrons. The molecule has 0 unspecified atom stereocenters. The Kier molecular flexibility index (Phi) is 4.72. The average molecular weight is 395 g/mol. The van der Waals surface area contributed by atoms with Crippen LogP contribution in [0.15, 0.2) is 57.5 Å². The van der Waals surface area contributed by atoms with Crippen LogP contribution in [0.2, 0.25) is 0 Å². The van der Waals surface area contributed by atoms with Gasteiger partial charge in [0.15, 0.2) is 15.7 Å². The fourth-order valence-electron chi connectivity index (χ4n) is 2.58. The fraction of sp³-hybridized carbons (Fsp3) is 0.250. The molecular formula is C16H17N3O5S2. The maximum atomic E-state index is 12.7. The number of amidine groups is 1. The highest BCUT2D eigenvalue weighted by Gasteiger charge is 2.30. The first-order valence-electron chi connectivity index (χ1n) is 7.85. The number of nitrogens with one attached hydrogen (secondary N) is 1. The van der Waals surface area contributed by atoms with E-state index in [0.29, 0.717) is 0 Å². The van der Waals surface area contributed by atoms with Gasteiger partial charge in [-0.05, 0) is 24.3 Å². The van der Waals surface area contributed by atoms with Gasteiger partial charge in [-0.25, -0.2) is 16.8 Å². The highest BCUT2D eigenvalue weighted by atomic mass is 32.2. The van der Waals surface area contributed by atoms with Crippen molar-refractivity contribution in [1.82, 2.24) is 4.90 Å². The van der Waals surface area contributed by atoms with E-state index in [2.05, 4.69) is 9.71 Å². The van der Waals surface area contributed by atoms with Crippen molar-refractivity contribution < 1.29 is 21.6 Å². The van der Waals surface area contributed by atoms with Crippen molar-refractivity contribution in [3.05, 3.63) is 48.2 Å². The van der Waals surface area contributed by atoms with Crippen LogP contribution >= 0.6 is 0 Å². The Labute approximate surface area is 151 Å². The van der Waals surface area contributed by atoms with Gasteiger partial charge in [0.1, 0.15) is 0 Å². The van der Waals surface area contributed by atoms with Crippen molar-refractivity contribution in [2.24, 2.45) is 4.40 Å². The minimum absolute atomic E-state index is 0.0119. The number of allylic oxidation sites excluding steroid dienone is 2. The number of nitrogens with zero attached hydrogens (tertiary/aromatic N) is 2. The molecule has 2 heterocycles. The maximum absolute atomic E-state index is 12.7. The molecule has 0 atom stereocenters. The van der Waals surface area contributed by atoms with E-state index in [9.17, 15) is 21.6 Å². The average Bonchev–Trinajstić information content (AvgIpc) is 2.60. The SMILES string of the molecule is CCS(=O)(=O)c1ccccc1NC(=O)C1=CC=CN2CCS(=O)(=O)N=C12. The van der Waals surface area contributed by atoms with Gasteiger partial charge in [-0.1, -0.05) is 19.1 Å². The van der Waals surface area contributed by atoms with Gasteiger partial charge in [0.05, 0.1) is 27.7 Å². The molecule has 1 N–H and O–H groups in total. The van der Waals surface area contributed by atoms with Crippen LogP contribution in [-0.4, -0.2) is 51.5 Å². The maximum Gasteiger partial charge on any atom is 0.259 e. The molecule has 2 aliphatic rings. The summed E-state index contributed by atoms with van der Waals surface area (Å²) in [7, 11) is -7.16. The third-order valence-corrected chi connectivity index (χ3v) is 6.89. The van der Waals surface area contributed by atoms with Crippen LogP contribution in [-0.2, 0) is 24.7 Å². The van der Waals surface area contributed by atoms with E-state index in [1.54, 1.807) is 29.3 Å². The molecule has 2 aliphatic heterocycles. The van der Waals surface area contributed by atoms with Gasteiger partial charge in [-0.15, -0.1) is 4.40 Å². The van der Waals surface area contributed by atoms with Gasteiger partial charge in [-0.3, -0.25) is 4.79 Å². The van der Waals surface area contributed by atoms with Gasteiger partial charge in [0, 0.05) is 12.7 Å². The van der Waals surface area contributed by atoms with Crippen molar-refractivity contribution in [3.63, 3.8) is 0 Å². The van der Waals surface area contributed by atoms with Crippen LogP contribution in [0.5, 0.6) is 0 Å². The van der Waals surface area contributed by atoms with E-state index in [1.807, 2.05) is 0 Å². The Morgan fingerprint density at radius 2 is 2.04 bits per heavy atom. The number of hydrogen-bond acceptors (Lipinski definition) is 6. The molecular weight excluding hydrogens is 378 g/mol. The molecule has 0 bridgehead atoms. The predicted molar refractivity (Wildman–Crippen MR) is 97.9 cm³/mol. The molecule has 0 saturated carbocycles. The Bertz CT molecular complexity index is 1050. The smallest absolute Gasteiger partial charge is 0.259 e. The second kappa shape index (κ2) is 6.69. The number of rotatable bonds is 4. The van der Waals surface area contributed by atoms with Crippen LogP contribution in [0.4, 0.5) is 5.69 Å². The van der Waals surface area contributed by atoms with Crippen LogP contribution in [0.25, 0.3) is 0 Å². The van der Waals surface area contributed by atoms with Crippen molar-refractivity contribution >= 4 is 37.3 Å². The van der Waals surface area contributed by atoms with Gasteiger partial charge < -0.3 is 10.2 Å². The number of amides is 1. The molecule has 0 radical (unpaired) electrons. The molecule has 8 nitrogen and oxygen atoms in total. The highest BCUT2D eigenvalue weighted by molar-refractivity contribution is 7.91. The summed E-state index contributed by atoms with van der Waals surface area (Å²) in [6.07, 6.45) is 4.70. The molecule has 0 spiro atoms. The van der Waals surface area contributed by atoms with Crippen molar-refractivity contribution in [2.45, 2.75) is 11.8 Å². The van der Waals surface area contributed by atoms with E-state index >= 15 is 0 Å². The Morgan fingerprint density at radius 3 is 2.77 bits per heavy atom. The van der Waals surface area contributed by atoms with Crippen LogP contribution in [0, 0.1) is 0 Å². The zero-order valence-corrected chi connectivity index (χ0v) is 15.5. The van der Waals surface area contributed by atoms with E-state index in [0.717, 1.165) is 0 Å². The normalized spacial score (nSPS) is 18.6.